The van der Waals surface area contributed by atoms with Crippen LogP contribution in [0.1, 0.15) is 376 Å². The Morgan fingerprint density at radius 3 is 0.660 bits per heavy atom. The zero-order valence-electron chi connectivity index (χ0n) is 61.6. The molecule has 0 aliphatic rings. The first kappa shape index (κ1) is 92.1. The number of phosphoric acid groups is 2. The Kier molecular flexibility index (Phi) is 63.1. The fraction of sp³-hybridized carbons (Fsp3) is 0.947. The van der Waals surface area contributed by atoms with Gasteiger partial charge in [0.25, 0.3) is 0 Å². The van der Waals surface area contributed by atoms with Crippen molar-refractivity contribution in [1.82, 2.24) is 0 Å². The number of carbonyl (C=O) groups is 4. The summed E-state index contributed by atoms with van der Waals surface area (Å²) >= 11 is 0. The number of hydrogen-bond acceptors (Lipinski definition) is 15. The van der Waals surface area contributed by atoms with Crippen LogP contribution >= 0.6 is 15.6 Å². The highest BCUT2D eigenvalue weighted by atomic mass is 31.2. The first-order valence-corrected chi connectivity index (χ1v) is 41.7. The third-order valence-corrected chi connectivity index (χ3v) is 19.2. The smallest absolute Gasteiger partial charge is 0.462 e. The SMILES string of the molecule is CC(C)CCCCCCCCCCCCCCCCC(=O)OC[C@H](COP(=O)(O)OCC(O)COP(=O)(O)OC[C@@H](COC(=O)CCCCCCCCCCC(C)C)OC(=O)CCCCCCCCC(C)C)OC(=O)CCCCCCCCCCCCCCCCC(C)C. The number of phosphoric ester groups is 2. The van der Waals surface area contributed by atoms with Crippen molar-refractivity contribution in [1.29, 1.82) is 0 Å². The van der Waals surface area contributed by atoms with Crippen molar-refractivity contribution >= 4 is 39.5 Å². The summed E-state index contributed by atoms with van der Waals surface area (Å²) in [5.74, 6) is 0.863. The monoisotopic (exact) mass is 1380 g/mol. The molecule has 94 heavy (non-hydrogen) atoms. The van der Waals surface area contributed by atoms with Crippen LogP contribution < -0.4 is 0 Å². The maximum absolute atomic E-state index is 13.1. The van der Waals surface area contributed by atoms with Crippen LogP contribution in [0.5, 0.6) is 0 Å². The lowest BCUT2D eigenvalue weighted by Gasteiger charge is -2.21. The fourth-order valence-electron chi connectivity index (χ4n) is 11.4. The number of unbranched alkanes of at least 4 members (excludes halogenated alkanes) is 38. The van der Waals surface area contributed by atoms with Gasteiger partial charge in [0.2, 0.25) is 0 Å². The molecular weight excluding hydrogens is 1230 g/mol. The molecule has 0 amide bonds. The van der Waals surface area contributed by atoms with E-state index in [-0.39, 0.29) is 25.7 Å². The van der Waals surface area contributed by atoms with Gasteiger partial charge in [0.05, 0.1) is 26.4 Å². The highest BCUT2D eigenvalue weighted by Gasteiger charge is 2.30. The van der Waals surface area contributed by atoms with E-state index in [9.17, 15) is 43.2 Å². The van der Waals surface area contributed by atoms with Crippen molar-refractivity contribution in [3.8, 4) is 0 Å². The third-order valence-electron chi connectivity index (χ3n) is 17.3. The first-order chi connectivity index (χ1) is 45.1. The van der Waals surface area contributed by atoms with Gasteiger partial charge in [-0.2, -0.15) is 0 Å². The summed E-state index contributed by atoms with van der Waals surface area (Å²) in [6.45, 7) is 14.1. The Bertz CT molecular complexity index is 1850. The summed E-state index contributed by atoms with van der Waals surface area (Å²) in [5, 5.41) is 10.6. The quantitative estimate of drug-likeness (QED) is 0.0222. The Morgan fingerprint density at radius 2 is 0.447 bits per heavy atom. The molecule has 3 N–H and O–H groups in total. The van der Waals surface area contributed by atoms with Crippen LogP contribution in [-0.4, -0.2) is 96.7 Å². The third kappa shape index (κ3) is 68.6. The number of rotatable bonds is 72. The Labute approximate surface area is 575 Å². The van der Waals surface area contributed by atoms with Gasteiger partial charge in [-0.25, -0.2) is 9.13 Å². The van der Waals surface area contributed by atoms with Crippen molar-refractivity contribution in [3.63, 3.8) is 0 Å². The number of hydrogen-bond donors (Lipinski definition) is 3. The molecule has 0 aromatic heterocycles. The van der Waals surface area contributed by atoms with Crippen LogP contribution in [0.3, 0.4) is 0 Å². The predicted molar refractivity (Wildman–Crippen MR) is 381 cm³/mol. The van der Waals surface area contributed by atoms with Crippen molar-refractivity contribution < 1.29 is 80.2 Å². The van der Waals surface area contributed by atoms with E-state index >= 15 is 0 Å². The van der Waals surface area contributed by atoms with Crippen molar-refractivity contribution in [3.05, 3.63) is 0 Å². The molecule has 0 saturated carbocycles. The number of aliphatic hydroxyl groups is 1. The normalized spacial score (nSPS) is 14.2. The molecule has 19 heteroatoms. The topological polar surface area (TPSA) is 237 Å². The van der Waals surface area contributed by atoms with Crippen LogP contribution in [0.4, 0.5) is 0 Å². The van der Waals surface area contributed by atoms with Crippen LogP contribution in [0.15, 0.2) is 0 Å². The highest BCUT2D eigenvalue weighted by molar-refractivity contribution is 7.47. The molecule has 0 rings (SSSR count). The van der Waals surface area contributed by atoms with Crippen LogP contribution in [-0.2, 0) is 65.4 Å². The lowest BCUT2D eigenvalue weighted by atomic mass is 10.0. The van der Waals surface area contributed by atoms with Gasteiger partial charge in [-0.1, -0.05) is 325 Å². The summed E-state index contributed by atoms with van der Waals surface area (Å²) in [5.41, 5.74) is 0. The van der Waals surface area contributed by atoms with E-state index in [0.717, 1.165) is 108 Å². The minimum Gasteiger partial charge on any atom is -0.462 e. The molecule has 558 valence electrons. The molecule has 0 aliphatic carbocycles. The Balaban J connectivity index is 5.22. The lowest BCUT2D eigenvalue weighted by Crippen LogP contribution is -2.30. The van der Waals surface area contributed by atoms with Gasteiger partial charge < -0.3 is 33.8 Å². The number of esters is 4. The van der Waals surface area contributed by atoms with E-state index in [1.807, 2.05) is 0 Å². The molecule has 17 nitrogen and oxygen atoms in total. The number of carbonyl (C=O) groups excluding carboxylic acids is 4. The molecule has 0 aromatic rings. The lowest BCUT2D eigenvalue weighted by molar-refractivity contribution is -0.161. The van der Waals surface area contributed by atoms with Gasteiger partial charge in [-0.05, 0) is 49.4 Å². The molecule has 0 saturated heterocycles. The van der Waals surface area contributed by atoms with Crippen molar-refractivity contribution in [2.45, 2.75) is 395 Å². The molecular formula is C75H146O17P2. The highest BCUT2D eigenvalue weighted by Crippen LogP contribution is 2.45. The molecule has 0 radical (unpaired) electrons. The minimum absolute atomic E-state index is 0.101. The molecule has 0 fully saturated rings. The molecule has 5 atom stereocenters. The van der Waals surface area contributed by atoms with Gasteiger partial charge in [-0.3, -0.25) is 37.3 Å². The van der Waals surface area contributed by atoms with Crippen LogP contribution in [0.25, 0.3) is 0 Å². The van der Waals surface area contributed by atoms with Crippen LogP contribution in [0.2, 0.25) is 0 Å². The predicted octanol–water partition coefficient (Wildman–Crippen LogP) is 21.7. The standard InChI is InChI=1S/C75H146O17P2/c1-65(2)51-43-35-27-21-17-13-9-11-15-19-23-30-39-47-55-72(77)85-61-70(91-74(79)57-49-41-32-24-20-16-12-10-14-18-22-28-36-44-52-66(3)4)63-89-93(81,82)87-59-69(76)60-88-94(83,84)90-64-71(92-75(80)58-50-42-34-33-38-46-54-68(7)8)62-86-73(78)56-48-40-31-26-25-29-37-45-53-67(5)6/h65-71,76H,9-64H2,1-8H3,(H,81,82)(H,83,84)/t69?,70-,71-/m1/s1. The van der Waals surface area contributed by atoms with Gasteiger partial charge in [-0.15, -0.1) is 0 Å². The second-order valence-electron chi connectivity index (χ2n) is 28.9. The second-order valence-corrected chi connectivity index (χ2v) is 31.9. The molecule has 0 spiro atoms. The molecule has 0 aliphatic heterocycles. The van der Waals surface area contributed by atoms with E-state index in [1.54, 1.807) is 0 Å². The van der Waals surface area contributed by atoms with Gasteiger partial charge >= 0.3 is 39.5 Å². The van der Waals surface area contributed by atoms with Gasteiger partial charge in [0, 0.05) is 25.7 Å². The average Bonchev–Trinajstić information content (AvgIpc) is 1.14. The summed E-state index contributed by atoms with van der Waals surface area (Å²) in [6.07, 6.45) is 48.8. The maximum atomic E-state index is 13.1. The Hall–Kier alpha value is -1.94. The fourth-order valence-corrected chi connectivity index (χ4v) is 13.0. The van der Waals surface area contributed by atoms with E-state index in [0.29, 0.717) is 31.6 Å². The first-order valence-electron chi connectivity index (χ1n) is 38.7. The maximum Gasteiger partial charge on any atom is 0.472 e. The van der Waals surface area contributed by atoms with Crippen molar-refractivity contribution in [2.24, 2.45) is 23.7 Å². The van der Waals surface area contributed by atoms with E-state index < -0.39 is 97.5 Å². The van der Waals surface area contributed by atoms with Gasteiger partial charge in [0.1, 0.15) is 19.3 Å². The van der Waals surface area contributed by atoms with Crippen molar-refractivity contribution in [2.75, 3.05) is 39.6 Å². The van der Waals surface area contributed by atoms with E-state index in [4.69, 9.17) is 37.0 Å². The summed E-state index contributed by atoms with van der Waals surface area (Å²) in [4.78, 5) is 72.7. The van der Waals surface area contributed by atoms with E-state index in [1.165, 1.54) is 180 Å². The number of ether oxygens (including phenoxy) is 4. The summed E-state index contributed by atoms with van der Waals surface area (Å²) in [7, 11) is -9.91. The molecule has 0 aromatic carbocycles. The summed E-state index contributed by atoms with van der Waals surface area (Å²) in [6, 6.07) is 0. The van der Waals surface area contributed by atoms with Crippen LogP contribution in [0, 0.1) is 23.7 Å². The van der Waals surface area contributed by atoms with E-state index in [2.05, 4.69) is 55.4 Å². The number of aliphatic hydroxyl groups excluding tert-OH is 1. The minimum atomic E-state index is -4.96. The second kappa shape index (κ2) is 64.4. The zero-order valence-corrected chi connectivity index (χ0v) is 63.4. The Morgan fingerprint density at radius 1 is 0.266 bits per heavy atom. The zero-order chi connectivity index (χ0) is 69.6. The molecule has 0 heterocycles. The average molecular weight is 1380 g/mol. The summed E-state index contributed by atoms with van der Waals surface area (Å²) < 4.78 is 68.4. The van der Waals surface area contributed by atoms with Gasteiger partial charge in [0.15, 0.2) is 12.2 Å². The largest absolute Gasteiger partial charge is 0.472 e. The molecule has 0 bridgehead atoms. The molecule has 3 unspecified atom stereocenters.